The molecule has 0 saturated carbocycles. The van der Waals surface area contributed by atoms with Gasteiger partial charge >= 0.3 is 5.97 Å². The molecule has 2 rings (SSSR count). The van der Waals surface area contributed by atoms with E-state index >= 15 is 0 Å². The van der Waals surface area contributed by atoms with Crippen LogP contribution in [0.4, 0.5) is 5.69 Å². The number of carbonyl (C=O) groups is 2. The number of allylic oxidation sites excluding steroid dienone is 1. The Labute approximate surface area is 150 Å². The maximum Gasteiger partial charge on any atom is 0.326 e. The number of hydrogen-bond donors (Lipinski definition) is 2. The molecule has 0 aliphatic carbocycles. The number of amides is 1. The molecule has 0 radical (unpaired) electrons. The molecule has 128 valence electrons. The zero-order chi connectivity index (χ0) is 18.0. The molecule has 1 atom stereocenters. The van der Waals surface area contributed by atoms with E-state index in [1.165, 1.54) is 4.90 Å². The van der Waals surface area contributed by atoms with Crippen LogP contribution in [0.2, 0.25) is 0 Å². The number of nitrogen functional groups attached to an aromatic ring is 1. The number of nitrogens with two attached hydrogens (primary N) is 1. The van der Waals surface area contributed by atoms with Crippen molar-refractivity contribution in [1.29, 1.82) is 0 Å². The number of aliphatic carboxylic acids is 1. The van der Waals surface area contributed by atoms with Crippen molar-refractivity contribution < 1.29 is 14.7 Å². The summed E-state index contributed by atoms with van der Waals surface area (Å²) >= 11 is 6.44. The van der Waals surface area contributed by atoms with Gasteiger partial charge in [0, 0.05) is 5.69 Å². The Morgan fingerprint density at radius 3 is 2.42 bits per heavy atom. The molecule has 24 heavy (non-hydrogen) atoms. The Morgan fingerprint density at radius 1 is 1.33 bits per heavy atom. The maximum absolute atomic E-state index is 12.8. The summed E-state index contributed by atoms with van der Waals surface area (Å²) < 4.78 is 0.290. The van der Waals surface area contributed by atoms with Crippen LogP contribution in [0.3, 0.4) is 0 Å². The first kappa shape index (κ1) is 18.5. The highest BCUT2D eigenvalue weighted by molar-refractivity contribution is 8.26. The molecule has 1 aromatic rings. The van der Waals surface area contributed by atoms with E-state index in [1.54, 1.807) is 12.1 Å². The van der Waals surface area contributed by atoms with Crippen LogP contribution in [0.15, 0.2) is 29.2 Å². The van der Waals surface area contributed by atoms with Gasteiger partial charge in [0.15, 0.2) is 0 Å². The molecule has 1 saturated heterocycles. The van der Waals surface area contributed by atoms with Crippen LogP contribution in [0.5, 0.6) is 0 Å². The van der Waals surface area contributed by atoms with Crippen molar-refractivity contribution in [2.45, 2.75) is 33.2 Å². The minimum atomic E-state index is -1.04. The predicted octanol–water partition coefficient (Wildman–Crippen LogP) is 3.36. The zero-order valence-electron chi connectivity index (χ0n) is 13.8. The average Bonchev–Trinajstić information content (AvgIpc) is 2.79. The second-order valence-electron chi connectivity index (χ2n) is 6.10. The van der Waals surface area contributed by atoms with Gasteiger partial charge in [-0.2, -0.15) is 0 Å². The minimum Gasteiger partial charge on any atom is -0.480 e. The van der Waals surface area contributed by atoms with Crippen molar-refractivity contribution in [1.82, 2.24) is 4.90 Å². The molecule has 5 nitrogen and oxygen atoms in total. The molecule has 1 aliphatic heterocycles. The van der Waals surface area contributed by atoms with E-state index in [2.05, 4.69) is 0 Å². The number of thiocarbonyl (C=S) groups is 1. The summed E-state index contributed by atoms with van der Waals surface area (Å²) in [5.41, 5.74) is 7.96. The van der Waals surface area contributed by atoms with Gasteiger partial charge < -0.3 is 10.8 Å². The highest BCUT2D eigenvalue weighted by atomic mass is 32.2. The monoisotopic (exact) mass is 364 g/mol. The normalized spacial score (nSPS) is 18.2. The number of anilines is 1. The third-order valence-corrected chi connectivity index (χ3v) is 5.28. The lowest BCUT2D eigenvalue weighted by atomic mass is 10.0. The molecule has 0 bridgehead atoms. The summed E-state index contributed by atoms with van der Waals surface area (Å²) in [6.07, 6.45) is 0.357. The fourth-order valence-corrected chi connectivity index (χ4v) is 3.91. The van der Waals surface area contributed by atoms with Crippen molar-refractivity contribution in [2.24, 2.45) is 5.92 Å². The van der Waals surface area contributed by atoms with E-state index in [9.17, 15) is 14.7 Å². The summed E-state index contributed by atoms with van der Waals surface area (Å²) in [6, 6.07) is 6.26. The molecule has 1 heterocycles. The van der Waals surface area contributed by atoms with E-state index < -0.39 is 12.0 Å². The van der Waals surface area contributed by atoms with Gasteiger partial charge in [0.25, 0.3) is 5.91 Å². The van der Waals surface area contributed by atoms with Crippen LogP contribution in [0, 0.1) is 5.92 Å². The molecular formula is C17H20N2O3S2. The molecule has 1 aliphatic rings. The first-order valence-corrected chi connectivity index (χ1v) is 8.79. The molecule has 1 amide bonds. The quantitative estimate of drug-likeness (QED) is 0.473. The van der Waals surface area contributed by atoms with Crippen LogP contribution in [-0.2, 0) is 9.59 Å². The Bertz CT molecular complexity index is 711. The lowest BCUT2D eigenvalue weighted by molar-refractivity contribution is -0.145. The highest BCUT2D eigenvalue weighted by Gasteiger charge is 2.41. The number of carbonyl (C=O) groups excluding carboxylic acids is 1. The van der Waals surface area contributed by atoms with Gasteiger partial charge in [-0.3, -0.25) is 9.69 Å². The van der Waals surface area contributed by atoms with Crippen molar-refractivity contribution in [2.75, 3.05) is 5.73 Å². The standard InChI is InChI=1S/C17H20N2O3S2/c1-9(2)8-13(16(21)22)19-15(20)14(24-17(19)23)10(3)11-4-6-12(18)7-5-11/h4-7,9,13H,8,18H2,1-3H3,(H,21,22)/b14-10-. The molecule has 1 aromatic carbocycles. The molecule has 3 N–H and O–H groups in total. The summed E-state index contributed by atoms with van der Waals surface area (Å²) in [7, 11) is 0. The Hall–Kier alpha value is -1.86. The van der Waals surface area contributed by atoms with Gasteiger partial charge in [-0.05, 0) is 42.5 Å². The van der Waals surface area contributed by atoms with E-state index in [1.807, 2.05) is 32.9 Å². The fraction of sp³-hybridized carbons (Fsp3) is 0.353. The third kappa shape index (κ3) is 3.79. The number of hydrogen-bond acceptors (Lipinski definition) is 5. The van der Waals surface area contributed by atoms with E-state index in [0.717, 1.165) is 22.9 Å². The fourth-order valence-electron chi connectivity index (χ4n) is 2.51. The topological polar surface area (TPSA) is 83.6 Å². The van der Waals surface area contributed by atoms with Crippen LogP contribution in [0.25, 0.3) is 5.57 Å². The second kappa shape index (κ2) is 7.36. The summed E-state index contributed by atoms with van der Waals surface area (Å²) in [6.45, 7) is 5.67. The molecular weight excluding hydrogens is 344 g/mol. The number of rotatable bonds is 5. The van der Waals surface area contributed by atoms with Gasteiger partial charge in [0.1, 0.15) is 10.4 Å². The van der Waals surface area contributed by atoms with Crippen molar-refractivity contribution in [3.63, 3.8) is 0 Å². The van der Waals surface area contributed by atoms with Crippen molar-refractivity contribution in [3.05, 3.63) is 34.7 Å². The lowest BCUT2D eigenvalue weighted by Crippen LogP contribution is -2.44. The zero-order valence-corrected chi connectivity index (χ0v) is 15.4. The number of benzene rings is 1. The van der Waals surface area contributed by atoms with E-state index in [0.29, 0.717) is 17.0 Å². The smallest absolute Gasteiger partial charge is 0.326 e. The van der Waals surface area contributed by atoms with Crippen LogP contribution < -0.4 is 5.73 Å². The third-order valence-electron chi connectivity index (χ3n) is 3.77. The average molecular weight is 364 g/mol. The second-order valence-corrected chi connectivity index (χ2v) is 7.75. The van der Waals surface area contributed by atoms with Crippen molar-refractivity contribution in [3.8, 4) is 0 Å². The number of carboxylic acid groups (broad SMARTS) is 1. The van der Waals surface area contributed by atoms with Crippen LogP contribution >= 0.6 is 24.0 Å². The lowest BCUT2D eigenvalue weighted by Gasteiger charge is -2.24. The van der Waals surface area contributed by atoms with Crippen molar-refractivity contribution >= 4 is 51.4 Å². The van der Waals surface area contributed by atoms with Crippen LogP contribution in [0.1, 0.15) is 32.8 Å². The van der Waals surface area contributed by atoms with E-state index in [-0.39, 0.29) is 16.1 Å². The highest BCUT2D eigenvalue weighted by Crippen LogP contribution is 2.38. The molecule has 7 heteroatoms. The molecule has 1 unspecified atom stereocenters. The van der Waals surface area contributed by atoms with Gasteiger partial charge in [-0.25, -0.2) is 4.79 Å². The van der Waals surface area contributed by atoms with Crippen LogP contribution in [-0.4, -0.2) is 32.2 Å². The summed E-state index contributed by atoms with van der Waals surface area (Å²) in [5, 5.41) is 9.50. The molecule has 0 aromatic heterocycles. The van der Waals surface area contributed by atoms with E-state index in [4.69, 9.17) is 18.0 Å². The SMILES string of the molecule is C/C(=C1/SC(=S)N(C(CC(C)C)C(=O)O)C1=O)c1ccc(N)cc1. The predicted molar refractivity (Wildman–Crippen MR) is 101 cm³/mol. The number of nitrogens with zero attached hydrogens (tertiary/aromatic N) is 1. The first-order chi connectivity index (χ1) is 11.2. The summed E-state index contributed by atoms with van der Waals surface area (Å²) in [4.78, 5) is 26.1. The molecule has 0 spiro atoms. The Balaban J connectivity index is 2.38. The van der Waals surface area contributed by atoms with Gasteiger partial charge in [0.2, 0.25) is 0 Å². The number of thioether (sulfide) groups is 1. The Kier molecular flexibility index (Phi) is 5.66. The van der Waals surface area contributed by atoms with Gasteiger partial charge in [-0.1, -0.05) is 50.0 Å². The largest absolute Gasteiger partial charge is 0.480 e. The minimum absolute atomic E-state index is 0.137. The first-order valence-electron chi connectivity index (χ1n) is 7.57. The van der Waals surface area contributed by atoms with Gasteiger partial charge in [0.05, 0.1) is 4.91 Å². The summed E-state index contributed by atoms with van der Waals surface area (Å²) in [5.74, 6) is -1.24. The number of carboxylic acids is 1. The van der Waals surface area contributed by atoms with Gasteiger partial charge in [-0.15, -0.1) is 0 Å². The Morgan fingerprint density at radius 2 is 1.92 bits per heavy atom. The maximum atomic E-state index is 12.8. The molecule has 1 fully saturated rings.